The summed E-state index contributed by atoms with van der Waals surface area (Å²) in [7, 11) is 0. The fraction of sp³-hybridized carbons (Fsp3) is 0.556. The van der Waals surface area contributed by atoms with E-state index in [0.717, 1.165) is 0 Å². The molecule has 0 radical (unpaired) electrons. The molecule has 0 bridgehead atoms. The molecule has 2 rings (SSSR count). The monoisotopic (exact) mass is 287 g/mol. The molecule has 1 saturated heterocycles. The van der Waals surface area contributed by atoms with E-state index >= 15 is 0 Å². The zero-order valence-electron chi connectivity index (χ0n) is 10.1. The first-order valence-corrected chi connectivity index (χ1v) is 5.55. The summed E-state index contributed by atoms with van der Waals surface area (Å²) in [6.45, 7) is -0.540. The van der Waals surface area contributed by atoms with Crippen molar-refractivity contribution >= 4 is 11.8 Å². The normalized spacial score (nSPS) is 29.6. The van der Waals surface area contributed by atoms with E-state index in [4.69, 9.17) is 21.3 Å². The summed E-state index contributed by atoms with van der Waals surface area (Å²) in [6.07, 6.45) is -5.16. The van der Waals surface area contributed by atoms with Crippen LogP contribution in [0.4, 0.5) is 0 Å². The Morgan fingerprint density at radius 2 is 1.65 bits per heavy atom. The van der Waals surface area contributed by atoms with Crippen molar-refractivity contribution in [1.29, 1.82) is 0 Å². The molecule has 1 aliphatic heterocycles. The summed E-state index contributed by atoms with van der Waals surface area (Å²) < 4.78 is 5.13. The first kappa shape index (κ1) is 14.3. The minimum Gasteiger partial charge on any atom is -0.394 e. The predicted molar refractivity (Wildman–Crippen MR) is 60.1 cm³/mol. The summed E-state index contributed by atoms with van der Waals surface area (Å²) in [5, 5.41) is 35.6. The number of hydrogen-bond acceptors (Lipinski definition) is 8. The Hall–Kier alpha value is -2.08. The van der Waals surface area contributed by atoms with Crippen molar-refractivity contribution in [3.8, 4) is 0 Å². The molecule has 4 atom stereocenters. The third kappa shape index (κ3) is 2.22. The molecule has 0 aromatic carbocycles. The first-order valence-electron chi connectivity index (χ1n) is 5.55. The van der Waals surface area contributed by atoms with Crippen LogP contribution < -0.4 is 11.5 Å². The van der Waals surface area contributed by atoms with Crippen molar-refractivity contribution in [2.75, 3.05) is 6.61 Å². The maximum atomic E-state index is 11.1. The molecule has 1 unspecified atom stereocenters. The molecule has 0 aliphatic carbocycles. The maximum absolute atomic E-state index is 11.1. The summed E-state index contributed by atoms with van der Waals surface area (Å²) in [5.41, 5.74) is 9.10. The lowest BCUT2D eigenvalue weighted by atomic mass is 10.1. The number of carbonyl (C=O) groups excluding carboxylic acids is 2. The van der Waals surface area contributed by atoms with Crippen LogP contribution in [0.5, 0.6) is 0 Å². The van der Waals surface area contributed by atoms with Gasteiger partial charge in [-0.3, -0.25) is 9.59 Å². The first-order chi connectivity index (χ1) is 9.36. The highest BCUT2D eigenvalue weighted by Crippen LogP contribution is 2.28. The third-order valence-electron chi connectivity index (χ3n) is 2.84. The number of primary amides is 2. The van der Waals surface area contributed by atoms with Gasteiger partial charge in [0, 0.05) is 0 Å². The Balaban J connectivity index is 2.37. The van der Waals surface area contributed by atoms with Crippen LogP contribution in [-0.4, -0.2) is 67.0 Å². The fourth-order valence-corrected chi connectivity index (χ4v) is 1.84. The van der Waals surface area contributed by atoms with Gasteiger partial charge in [0.15, 0.2) is 17.6 Å². The Morgan fingerprint density at radius 1 is 1.15 bits per heavy atom. The molecule has 20 heavy (non-hydrogen) atoms. The summed E-state index contributed by atoms with van der Waals surface area (Å²) in [5.74, 6) is -2.06. The van der Waals surface area contributed by atoms with Crippen LogP contribution in [0.1, 0.15) is 27.2 Å². The van der Waals surface area contributed by atoms with Crippen molar-refractivity contribution in [2.45, 2.75) is 24.5 Å². The summed E-state index contributed by atoms with van der Waals surface area (Å²) in [4.78, 5) is 23.0. The van der Waals surface area contributed by atoms with Crippen LogP contribution in [-0.2, 0) is 4.74 Å². The molecule has 1 aliphatic rings. The standard InChI is InChI=1S/C9H13N5O6/c10-7(18)3-4(8(11)19)13-14(12-3)9-6(17)5(16)2(1-15)20-9/h2,5-6,9,15-17H,1H2,(H2,10,18)(H2,11,19)/t2-,5-,6-,9?/m1/s1. The number of nitrogens with two attached hydrogens (primary N) is 2. The van der Waals surface area contributed by atoms with Crippen molar-refractivity contribution in [2.24, 2.45) is 11.5 Å². The van der Waals surface area contributed by atoms with Gasteiger partial charge in [-0.15, -0.1) is 10.2 Å². The molecule has 7 N–H and O–H groups in total. The second-order valence-corrected chi connectivity index (χ2v) is 4.17. The molecule has 11 heteroatoms. The Bertz CT molecular complexity index is 513. The summed E-state index contributed by atoms with van der Waals surface area (Å²) >= 11 is 0. The van der Waals surface area contributed by atoms with E-state index in [1.165, 1.54) is 0 Å². The zero-order chi connectivity index (χ0) is 15.0. The third-order valence-corrected chi connectivity index (χ3v) is 2.84. The number of amides is 2. The van der Waals surface area contributed by atoms with Crippen LogP contribution >= 0.6 is 0 Å². The lowest BCUT2D eigenvalue weighted by Crippen LogP contribution is -2.33. The van der Waals surface area contributed by atoms with Crippen LogP contribution in [0.25, 0.3) is 0 Å². The van der Waals surface area contributed by atoms with E-state index in [1.807, 2.05) is 0 Å². The van der Waals surface area contributed by atoms with Gasteiger partial charge in [-0.1, -0.05) is 0 Å². The van der Waals surface area contributed by atoms with Crippen LogP contribution in [0.3, 0.4) is 0 Å². The number of aromatic nitrogens is 3. The second kappa shape index (κ2) is 5.13. The van der Waals surface area contributed by atoms with Gasteiger partial charge in [0.2, 0.25) is 0 Å². The van der Waals surface area contributed by atoms with E-state index in [-0.39, 0.29) is 0 Å². The van der Waals surface area contributed by atoms with E-state index in [1.54, 1.807) is 0 Å². The molecular weight excluding hydrogens is 274 g/mol. The van der Waals surface area contributed by atoms with Crippen LogP contribution in [0.15, 0.2) is 0 Å². The summed E-state index contributed by atoms with van der Waals surface area (Å²) in [6, 6.07) is 0. The molecule has 1 fully saturated rings. The number of rotatable bonds is 4. The van der Waals surface area contributed by atoms with Gasteiger partial charge < -0.3 is 31.5 Å². The largest absolute Gasteiger partial charge is 0.394 e. The van der Waals surface area contributed by atoms with Gasteiger partial charge in [-0.05, 0) is 0 Å². The van der Waals surface area contributed by atoms with E-state index in [0.29, 0.717) is 4.80 Å². The SMILES string of the molecule is NC(=O)c1nn(C2O[C@H](CO)[C@@H](O)[C@H]2O)nc1C(N)=O. The predicted octanol–water partition coefficient (Wildman–Crippen LogP) is -3.91. The highest BCUT2D eigenvalue weighted by atomic mass is 16.6. The molecule has 110 valence electrons. The molecular formula is C9H13N5O6. The molecule has 1 aromatic rings. The average molecular weight is 287 g/mol. The molecule has 2 amide bonds. The number of aliphatic hydroxyl groups is 3. The van der Waals surface area contributed by atoms with Crippen LogP contribution in [0.2, 0.25) is 0 Å². The molecule has 1 aromatic heterocycles. The highest BCUT2D eigenvalue weighted by molar-refractivity contribution is 6.03. The van der Waals surface area contributed by atoms with E-state index < -0.39 is 54.3 Å². The van der Waals surface area contributed by atoms with Gasteiger partial charge in [0.05, 0.1) is 6.61 Å². The van der Waals surface area contributed by atoms with Gasteiger partial charge >= 0.3 is 0 Å². The van der Waals surface area contributed by atoms with Crippen LogP contribution in [0, 0.1) is 0 Å². The van der Waals surface area contributed by atoms with Gasteiger partial charge in [0.25, 0.3) is 11.8 Å². The second-order valence-electron chi connectivity index (χ2n) is 4.17. The fourth-order valence-electron chi connectivity index (χ4n) is 1.84. The number of aliphatic hydroxyl groups excluding tert-OH is 3. The van der Waals surface area contributed by atoms with Crippen molar-refractivity contribution in [1.82, 2.24) is 15.0 Å². The van der Waals surface area contributed by atoms with E-state index in [2.05, 4.69) is 10.2 Å². The molecule has 0 spiro atoms. The topological polar surface area (TPSA) is 187 Å². The number of nitrogens with zero attached hydrogens (tertiary/aromatic N) is 3. The highest BCUT2D eigenvalue weighted by Gasteiger charge is 2.45. The Labute approximate surface area is 111 Å². The van der Waals surface area contributed by atoms with Crippen molar-refractivity contribution < 1.29 is 29.6 Å². The zero-order valence-corrected chi connectivity index (χ0v) is 10.1. The Morgan fingerprint density at radius 3 is 2.00 bits per heavy atom. The smallest absolute Gasteiger partial charge is 0.271 e. The minimum atomic E-state index is -1.46. The Kier molecular flexibility index (Phi) is 3.67. The lowest BCUT2D eigenvalue weighted by molar-refractivity contribution is -0.0656. The average Bonchev–Trinajstić information content (AvgIpc) is 2.93. The number of ether oxygens (including phenoxy) is 1. The maximum Gasteiger partial charge on any atom is 0.271 e. The van der Waals surface area contributed by atoms with Gasteiger partial charge in [0.1, 0.15) is 18.3 Å². The minimum absolute atomic E-state index is 0.477. The van der Waals surface area contributed by atoms with Crippen molar-refractivity contribution in [3.05, 3.63) is 11.4 Å². The molecule has 11 nitrogen and oxygen atoms in total. The van der Waals surface area contributed by atoms with E-state index in [9.17, 15) is 19.8 Å². The van der Waals surface area contributed by atoms with Gasteiger partial charge in [-0.2, -0.15) is 4.80 Å². The molecule has 0 saturated carbocycles. The van der Waals surface area contributed by atoms with Crippen molar-refractivity contribution in [3.63, 3.8) is 0 Å². The molecule has 2 heterocycles. The lowest BCUT2D eigenvalue weighted by Gasteiger charge is -2.12. The quantitative estimate of drug-likeness (QED) is 0.371. The number of hydrogen-bond donors (Lipinski definition) is 5. The van der Waals surface area contributed by atoms with Gasteiger partial charge in [-0.25, -0.2) is 0 Å². The number of carbonyl (C=O) groups is 2.